The summed E-state index contributed by atoms with van der Waals surface area (Å²) < 4.78 is 1.38. The molecule has 0 bridgehead atoms. The Morgan fingerprint density at radius 3 is 2.03 bits per heavy atom. The monoisotopic (exact) mass is 472 g/mol. The zero-order valence-electron chi connectivity index (χ0n) is 19.4. The van der Waals surface area contributed by atoms with Crippen LogP contribution in [-0.4, -0.2) is 77.3 Å². The molecular formula is C25H24N6O4. The quantitative estimate of drug-likeness (QED) is 0.420. The van der Waals surface area contributed by atoms with Gasteiger partial charge in [-0.2, -0.15) is 0 Å². The Bertz CT molecular complexity index is 1400. The Morgan fingerprint density at radius 1 is 0.771 bits per heavy atom. The number of aromatic nitrogens is 2. The van der Waals surface area contributed by atoms with E-state index in [2.05, 4.69) is 17.0 Å². The second-order valence-electron chi connectivity index (χ2n) is 8.46. The minimum absolute atomic E-state index is 0.134. The number of carbonyl (C=O) groups excluding carboxylic acids is 3. The van der Waals surface area contributed by atoms with E-state index in [1.807, 2.05) is 23.1 Å². The number of para-hydroxylation sites is 1. The van der Waals surface area contributed by atoms with Crippen molar-refractivity contribution in [2.24, 2.45) is 0 Å². The minimum Gasteiger partial charge on any atom is -0.368 e. The number of anilines is 2. The van der Waals surface area contributed by atoms with Gasteiger partial charge in [0, 0.05) is 52.2 Å². The molecule has 10 heteroatoms. The summed E-state index contributed by atoms with van der Waals surface area (Å²) in [4.78, 5) is 62.0. The van der Waals surface area contributed by atoms with Crippen molar-refractivity contribution < 1.29 is 14.4 Å². The maximum absolute atomic E-state index is 13.5. The van der Waals surface area contributed by atoms with E-state index in [1.54, 1.807) is 24.4 Å². The maximum Gasteiger partial charge on any atom is 0.333 e. The molecule has 4 amide bonds. The van der Waals surface area contributed by atoms with E-state index in [0.717, 1.165) is 15.5 Å². The molecule has 10 nitrogen and oxygen atoms in total. The number of urea groups is 1. The topological polar surface area (TPSA) is 98.5 Å². The van der Waals surface area contributed by atoms with Crippen molar-refractivity contribution in [3.05, 3.63) is 76.2 Å². The molecule has 0 unspecified atom stereocenters. The largest absolute Gasteiger partial charge is 0.368 e. The molecule has 4 heterocycles. The van der Waals surface area contributed by atoms with Crippen LogP contribution >= 0.6 is 0 Å². The van der Waals surface area contributed by atoms with Gasteiger partial charge in [0.1, 0.15) is 17.0 Å². The number of imide groups is 2. The van der Waals surface area contributed by atoms with Crippen molar-refractivity contribution in [1.29, 1.82) is 0 Å². The third-order valence-electron chi connectivity index (χ3n) is 6.38. The maximum atomic E-state index is 13.5. The second-order valence-corrected chi connectivity index (χ2v) is 8.46. The van der Waals surface area contributed by atoms with E-state index in [9.17, 15) is 19.2 Å². The van der Waals surface area contributed by atoms with Gasteiger partial charge in [0.2, 0.25) is 0 Å². The highest BCUT2D eigenvalue weighted by molar-refractivity contribution is 6.30. The second kappa shape index (κ2) is 8.71. The van der Waals surface area contributed by atoms with Gasteiger partial charge in [-0.1, -0.05) is 24.3 Å². The summed E-state index contributed by atoms with van der Waals surface area (Å²) in [6.07, 6.45) is 2.87. The van der Waals surface area contributed by atoms with Crippen LogP contribution in [0.15, 0.2) is 65.1 Å². The number of pyridine rings is 1. The highest BCUT2D eigenvalue weighted by Gasteiger charge is 2.38. The Morgan fingerprint density at radius 2 is 1.37 bits per heavy atom. The number of nitrogens with zero attached hydrogens (tertiary/aromatic N) is 6. The molecule has 0 saturated carbocycles. The van der Waals surface area contributed by atoms with Crippen LogP contribution in [0.2, 0.25) is 0 Å². The lowest BCUT2D eigenvalue weighted by Gasteiger charge is -2.37. The number of barbiturate groups is 1. The zero-order valence-corrected chi connectivity index (χ0v) is 19.4. The van der Waals surface area contributed by atoms with Gasteiger partial charge < -0.3 is 9.80 Å². The van der Waals surface area contributed by atoms with E-state index in [1.165, 1.54) is 24.6 Å². The van der Waals surface area contributed by atoms with Crippen LogP contribution in [0.5, 0.6) is 0 Å². The predicted molar refractivity (Wildman–Crippen MR) is 131 cm³/mol. The van der Waals surface area contributed by atoms with Gasteiger partial charge in [0.05, 0.1) is 5.56 Å². The van der Waals surface area contributed by atoms with E-state index < -0.39 is 23.4 Å². The van der Waals surface area contributed by atoms with E-state index in [0.29, 0.717) is 37.6 Å². The van der Waals surface area contributed by atoms with Gasteiger partial charge in [-0.25, -0.2) is 9.78 Å². The van der Waals surface area contributed by atoms with Gasteiger partial charge in [0.15, 0.2) is 0 Å². The SMILES string of the molecule is CN1C(=O)C(=Cc2c(N3CCN(c4ccccc4)CC3)nc3ccccn3c2=O)C(=O)N(C)C1=O. The van der Waals surface area contributed by atoms with E-state index in [-0.39, 0.29) is 11.1 Å². The highest BCUT2D eigenvalue weighted by atomic mass is 16.2. The van der Waals surface area contributed by atoms with Crippen molar-refractivity contribution in [2.45, 2.75) is 0 Å². The van der Waals surface area contributed by atoms with Crippen molar-refractivity contribution in [2.75, 3.05) is 50.1 Å². The third-order valence-corrected chi connectivity index (χ3v) is 6.38. The molecule has 35 heavy (non-hydrogen) atoms. The molecule has 1 aromatic carbocycles. The number of piperazine rings is 1. The molecule has 2 aromatic heterocycles. The zero-order chi connectivity index (χ0) is 24.7. The highest BCUT2D eigenvalue weighted by Crippen LogP contribution is 2.25. The summed E-state index contributed by atoms with van der Waals surface area (Å²) in [5.74, 6) is -1.10. The molecule has 0 radical (unpaired) electrons. The smallest absolute Gasteiger partial charge is 0.333 e. The first-order chi connectivity index (χ1) is 16.9. The number of fused-ring (bicyclic) bond motifs is 1. The molecule has 3 aromatic rings. The summed E-state index contributed by atoms with van der Waals surface area (Å²) in [6, 6.07) is 14.6. The van der Waals surface area contributed by atoms with E-state index in [4.69, 9.17) is 4.98 Å². The number of amides is 4. The molecule has 5 rings (SSSR count). The molecule has 178 valence electrons. The van der Waals surface area contributed by atoms with Crippen molar-refractivity contribution in [3.8, 4) is 0 Å². The first-order valence-corrected chi connectivity index (χ1v) is 11.2. The number of hydrogen-bond acceptors (Lipinski definition) is 7. The van der Waals surface area contributed by atoms with Crippen LogP contribution in [-0.2, 0) is 9.59 Å². The lowest BCUT2D eigenvalue weighted by molar-refractivity contribution is -0.134. The number of benzene rings is 1. The number of carbonyl (C=O) groups is 3. The molecule has 0 N–H and O–H groups in total. The lowest BCUT2D eigenvalue weighted by Crippen LogP contribution is -2.53. The van der Waals surface area contributed by atoms with Gasteiger partial charge in [-0.15, -0.1) is 0 Å². The van der Waals surface area contributed by atoms with Crippen molar-refractivity contribution >= 4 is 41.1 Å². The summed E-state index contributed by atoms with van der Waals surface area (Å²) in [5.41, 5.74) is 1.07. The fourth-order valence-electron chi connectivity index (χ4n) is 4.39. The summed E-state index contributed by atoms with van der Waals surface area (Å²) in [6.45, 7) is 2.63. The Labute approximate surface area is 201 Å². The fraction of sp³-hybridized carbons (Fsp3) is 0.240. The van der Waals surface area contributed by atoms with Gasteiger partial charge in [-0.3, -0.25) is 28.6 Å². The van der Waals surface area contributed by atoms with Crippen LogP contribution < -0.4 is 15.4 Å². The Hall–Kier alpha value is -4.47. The van der Waals surface area contributed by atoms with Gasteiger partial charge in [-0.05, 0) is 30.3 Å². The summed E-state index contributed by atoms with van der Waals surface area (Å²) in [5, 5.41) is 0. The molecule has 0 spiro atoms. The minimum atomic E-state index is -0.754. The average molecular weight is 473 g/mol. The number of likely N-dealkylation sites (N-methyl/N-ethyl adjacent to an activating group) is 2. The van der Waals surface area contributed by atoms with Crippen LogP contribution in [0.1, 0.15) is 5.56 Å². The Kier molecular flexibility index (Phi) is 5.56. The van der Waals surface area contributed by atoms with Crippen molar-refractivity contribution in [1.82, 2.24) is 19.2 Å². The molecular weight excluding hydrogens is 448 g/mol. The molecule has 2 aliphatic rings. The van der Waals surface area contributed by atoms with Crippen LogP contribution in [0.25, 0.3) is 11.7 Å². The summed E-state index contributed by atoms with van der Waals surface area (Å²) in [7, 11) is 2.60. The van der Waals surface area contributed by atoms with Crippen molar-refractivity contribution in [3.63, 3.8) is 0 Å². The van der Waals surface area contributed by atoms with Crippen LogP contribution in [0.4, 0.5) is 16.3 Å². The number of hydrogen-bond donors (Lipinski definition) is 0. The average Bonchev–Trinajstić information content (AvgIpc) is 2.90. The molecule has 2 aliphatic heterocycles. The first kappa shape index (κ1) is 22.3. The first-order valence-electron chi connectivity index (χ1n) is 11.2. The predicted octanol–water partition coefficient (Wildman–Crippen LogP) is 1.45. The fourth-order valence-corrected chi connectivity index (χ4v) is 4.39. The van der Waals surface area contributed by atoms with Crippen LogP contribution in [0, 0.1) is 0 Å². The lowest BCUT2D eigenvalue weighted by atomic mass is 10.1. The number of rotatable bonds is 3. The summed E-state index contributed by atoms with van der Waals surface area (Å²) >= 11 is 0. The molecule has 0 aliphatic carbocycles. The molecule has 0 atom stereocenters. The van der Waals surface area contributed by atoms with Gasteiger partial charge in [0.25, 0.3) is 17.4 Å². The van der Waals surface area contributed by atoms with E-state index >= 15 is 0 Å². The standard InChI is InChI=1S/C25H24N6O4/c1-27-22(32)19(23(33)28(2)25(27)35)16-18-21(26-20-10-6-7-11-31(20)24(18)34)30-14-12-29(13-15-30)17-8-4-3-5-9-17/h3-11,16H,12-15H2,1-2H3. The van der Waals surface area contributed by atoms with Gasteiger partial charge >= 0.3 is 6.03 Å². The molecule has 2 saturated heterocycles. The van der Waals surface area contributed by atoms with Crippen LogP contribution in [0.3, 0.4) is 0 Å². The Balaban J connectivity index is 1.58. The third kappa shape index (κ3) is 3.82. The normalized spacial score (nSPS) is 17.0. The molecule has 2 fully saturated rings.